The number of hydrogen-bond donors (Lipinski definition) is 0. The molecule has 0 spiro atoms. The summed E-state index contributed by atoms with van der Waals surface area (Å²) in [5.74, 6) is 0. The normalized spacial score (nSPS) is 12.9. The first-order valence-electron chi connectivity index (χ1n) is 6.14. The van der Waals surface area contributed by atoms with Crippen molar-refractivity contribution in [2.75, 3.05) is 21.1 Å². The van der Waals surface area contributed by atoms with Crippen LogP contribution in [0.2, 0.25) is 0 Å². The number of benzene rings is 1. The van der Waals surface area contributed by atoms with E-state index in [1.165, 1.54) is 17.5 Å². The SMILES string of the molecule is CCC(C)(C)c1cccc(C[N+](C)(C)C)c1. The third-order valence-electron chi connectivity index (χ3n) is 3.25. The molecule has 0 aliphatic heterocycles. The molecule has 1 heteroatoms. The molecule has 0 amide bonds. The van der Waals surface area contributed by atoms with Crippen LogP contribution >= 0.6 is 0 Å². The highest BCUT2D eigenvalue weighted by Crippen LogP contribution is 2.27. The fraction of sp³-hybridized carbons (Fsp3) is 0.600. The Bertz CT molecular complexity index is 345. The van der Waals surface area contributed by atoms with E-state index in [9.17, 15) is 0 Å². The van der Waals surface area contributed by atoms with E-state index in [0.717, 1.165) is 11.0 Å². The molecule has 0 fully saturated rings. The van der Waals surface area contributed by atoms with Crippen molar-refractivity contribution in [3.63, 3.8) is 0 Å². The summed E-state index contributed by atoms with van der Waals surface area (Å²) in [5.41, 5.74) is 3.19. The standard InChI is InChI=1S/C15H26N/c1-7-15(2,3)14-10-8-9-13(11-14)12-16(4,5)6/h8-11H,7,12H2,1-6H3/q+1. The number of quaternary nitrogens is 1. The molecule has 90 valence electrons. The summed E-state index contributed by atoms with van der Waals surface area (Å²) in [6.07, 6.45) is 1.18. The Hall–Kier alpha value is -0.820. The molecule has 0 aliphatic carbocycles. The van der Waals surface area contributed by atoms with Crippen LogP contribution in [0.1, 0.15) is 38.3 Å². The third kappa shape index (κ3) is 3.64. The molecule has 1 rings (SSSR count). The van der Waals surface area contributed by atoms with Crippen LogP contribution in [0.25, 0.3) is 0 Å². The van der Waals surface area contributed by atoms with Crippen molar-refractivity contribution in [3.8, 4) is 0 Å². The molecule has 0 aliphatic rings. The van der Waals surface area contributed by atoms with Crippen LogP contribution in [0.5, 0.6) is 0 Å². The molecule has 0 aromatic heterocycles. The molecule has 0 unspecified atom stereocenters. The molecule has 0 atom stereocenters. The van der Waals surface area contributed by atoms with Gasteiger partial charge in [-0.15, -0.1) is 0 Å². The van der Waals surface area contributed by atoms with Gasteiger partial charge in [-0.2, -0.15) is 0 Å². The molecule has 0 heterocycles. The Morgan fingerprint density at radius 1 is 1.12 bits per heavy atom. The Kier molecular flexibility index (Phi) is 3.80. The van der Waals surface area contributed by atoms with Crippen molar-refractivity contribution >= 4 is 0 Å². The van der Waals surface area contributed by atoms with Gasteiger partial charge in [0.1, 0.15) is 6.54 Å². The van der Waals surface area contributed by atoms with Gasteiger partial charge in [0.05, 0.1) is 21.1 Å². The Morgan fingerprint density at radius 3 is 2.25 bits per heavy atom. The minimum Gasteiger partial charge on any atom is -0.327 e. The van der Waals surface area contributed by atoms with Crippen LogP contribution < -0.4 is 0 Å². The second-order valence-corrected chi connectivity index (χ2v) is 6.39. The van der Waals surface area contributed by atoms with Crippen molar-refractivity contribution < 1.29 is 4.48 Å². The summed E-state index contributed by atoms with van der Waals surface area (Å²) < 4.78 is 0.982. The average molecular weight is 220 g/mol. The summed E-state index contributed by atoms with van der Waals surface area (Å²) >= 11 is 0. The molecule has 1 aromatic rings. The predicted octanol–water partition coefficient (Wildman–Crippen LogP) is 3.58. The van der Waals surface area contributed by atoms with Crippen molar-refractivity contribution in [3.05, 3.63) is 35.4 Å². The van der Waals surface area contributed by atoms with Crippen molar-refractivity contribution in [1.29, 1.82) is 0 Å². The minimum absolute atomic E-state index is 0.293. The topological polar surface area (TPSA) is 0 Å². The summed E-state index contributed by atoms with van der Waals surface area (Å²) in [7, 11) is 6.70. The van der Waals surface area contributed by atoms with Crippen LogP contribution in [-0.4, -0.2) is 25.6 Å². The Morgan fingerprint density at radius 2 is 1.75 bits per heavy atom. The van der Waals surface area contributed by atoms with E-state index in [1.807, 2.05) is 0 Å². The fourth-order valence-electron chi connectivity index (χ4n) is 1.84. The summed E-state index contributed by atoms with van der Waals surface area (Å²) in [6, 6.07) is 9.05. The lowest BCUT2D eigenvalue weighted by Crippen LogP contribution is -2.33. The molecular formula is C15H26N+. The van der Waals surface area contributed by atoms with Gasteiger partial charge in [0.25, 0.3) is 0 Å². The van der Waals surface area contributed by atoms with Gasteiger partial charge >= 0.3 is 0 Å². The molecule has 0 N–H and O–H groups in total. The van der Waals surface area contributed by atoms with Gasteiger partial charge in [-0.3, -0.25) is 0 Å². The lowest BCUT2D eigenvalue weighted by molar-refractivity contribution is -0.884. The van der Waals surface area contributed by atoms with Crippen molar-refractivity contribution in [2.45, 2.75) is 39.2 Å². The Labute approximate surface area is 101 Å². The second-order valence-electron chi connectivity index (χ2n) is 6.39. The van der Waals surface area contributed by atoms with Gasteiger partial charge in [0, 0.05) is 5.56 Å². The van der Waals surface area contributed by atoms with Crippen LogP contribution in [0.15, 0.2) is 24.3 Å². The quantitative estimate of drug-likeness (QED) is 0.680. The van der Waals surface area contributed by atoms with Gasteiger partial charge in [0.2, 0.25) is 0 Å². The predicted molar refractivity (Wildman–Crippen MR) is 71.5 cm³/mol. The summed E-state index contributed by atoms with van der Waals surface area (Å²) in [6.45, 7) is 7.98. The minimum atomic E-state index is 0.293. The van der Waals surface area contributed by atoms with E-state index in [0.29, 0.717) is 5.41 Å². The van der Waals surface area contributed by atoms with Crippen LogP contribution in [0, 0.1) is 0 Å². The first kappa shape index (κ1) is 13.2. The smallest absolute Gasteiger partial charge is 0.104 e. The maximum atomic E-state index is 2.37. The van der Waals surface area contributed by atoms with Gasteiger partial charge in [-0.1, -0.05) is 39.0 Å². The molecule has 1 nitrogen and oxygen atoms in total. The number of nitrogens with zero attached hydrogens (tertiary/aromatic N) is 1. The van der Waals surface area contributed by atoms with E-state index in [-0.39, 0.29) is 0 Å². The third-order valence-corrected chi connectivity index (χ3v) is 3.25. The first-order valence-corrected chi connectivity index (χ1v) is 6.14. The molecule has 1 aromatic carbocycles. The van der Waals surface area contributed by atoms with E-state index in [1.54, 1.807) is 0 Å². The zero-order chi connectivity index (χ0) is 12.4. The highest BCUT2D eigenvalue weighted by atomic mass is 15.3. The highest BCUT2D eigenvalue weighted by Gasteiger charge is 2.19. The lowest BCUT2D eigenvalue weighted by Gasteiger charge is -2.27. The molecule has 0 saturated carbocycles. The molecule has 16 heavy (non-hydrogen) atoms. The van der Waals surface area contributed by atoms with Crippen molar-refractivity contribution in [1.82, 2.24) is 0 Å². The molecular weight excluding hydrogens is 194 g/mol. The number of rotatable bonds is 4. The van der Waals surface area contributed by atoms with Crippen LogP contribution in [0.4, 0.5) is 0 Å². The largest absolute Gasteiger partial charge is 0.327 e. The van der Waals surface area contributed by atoms with E-state index < -0.39 is 0 Å². The molecule has 0 saturated heterocycles. The van der Waals surface area contributed by atoms with Crippen molar-refractivity contribution in [2.24, 2.45) is 0 Å². The van der Waals surface area contributed by atoms with Gasteiger partial charge in [-0.05, 0) is 23.5 Å². The van der Waals surface area contributed by atoms with E-state index >= 15 is 0 Å². The van der Waals surface area contributed by atoms with E-state index in [4.69, 9.17) is 0 Å². The second kappa shape index (κ2) is 4.58. The van der Waals surface area contributed by atoms with Crippen LogP contribution in [0.3, 0.4) is 0 Å². The maximum absolute atomic E-state index is 2.37. The highest BCUT2D eigenvalue weighted by molar-refractivity contribution is 5.28. The zero-order valence-electron chi connectivity index (χ0n) is 11.7. The average Bonchev–Trinajstić information content (AvgIpc) is 2.15. The fourth-order valence-corrected chi connectivity index (χ4v) is 1.84. The number of hydrogen-bond acceptors (Lipinski definition) is 0. The monoisotopic (exact) mass is 220 g/mol. The molecule has 0 bridgehead atoms. The molecule has 0 radical (unpaired) electrons. The first-order chi connectivity index (χ1) is 7.24. The summed E-state index contributed by atoms with van der Waals surface area (Å²) in [5, 5.41) is 0. The lowest BCUT2D eigenvalue weighted by atomic mass is 9.81. The van der Waals surface area contributed by atoms with Gasteiger partial charge in [-0.25, -0.2) is 0 Å². The van der Waals surface area contributed by atoms with Crippen LogP contribution in [-0.2, 0) is 12.0 Å². The van der Waals surface area contributed by atoms with E-state index in [2.05, 4.69) is 66.2 Å². The zero-order valence-corrected chi connectivity index (χ0v) is 11.7. The maximum Gasteiger partial charge on any atom is 0.104 e. The Balaban J connectivity index is 2.96. The van der Waals surface area contributed by atoms with Gasteiger partial charge < -0.3 is 4.48 Å². The van der Waals surface area contributed by atoms with Gasteiger partial charge in [0.15, 0.2) is 0 Å². The summed E-state index contributed by atoms with van der Waals surface area (Å²) in [4.78, 5) is 0.